The molecule has 0 fully saturated rings. The summed E-state index contributed by atoms with van der Waals surface area (Å²) in [5, 5.41) is 15.7. The number of aliphatic hydroxyl groups is 1. The first-order valence-corrected chi connectivity index (χ1v) is 5.56. The van der Waals surface area contributed by atoms with Gasteiger partial charge < -0.3 is 5.11 Å². The van der Waals surface area contributed by atoms with E-state index >= 15 is 0 Å². The molecular weight excluding hydrogens is 241 g/mol. The van der Waals surface area contributed by atoms with Gasteiger partial charge in [-0.2, -0.15) is 5.10 Å². The number of H-pyrrole nitrogens is 1. The van der Waals surface area contributed by atoms with E-state index in [-0.39, 0.29) is 18.5 Å². The van der Waals surface area contributed by atoms with Crippen LogP contribution in [0.5, 0.6) is 0 Å². The van der Waals surface area contributed by atoms with Crippen LogP contribution in [0.2, 0.25) is 0 Å². The molecule has 1 aromatic carbocycles. The average Bonchev–Trinajstić information content (AvgIpc) is 2.69. The van der Waals surface area contributed by atoms with Crippen molar-refractivity contribution in [3.63, 3.8) is 0 Å². The maximum Gasteiger partial charge on any atom is 0.195 e. The summed E-state index contributed by atoms with van der Waals surface area (Å²) in [7, 11) is 0. The van der Waals surface area contributed by atoms with Gasteiger partial charge in [0.05, 0.1) is 6.04 Å². The smallest absolute Gasteiger partial charge is 0.195 e. The van der Waals surface area contributed by atoms with Crippen molar-refractivity contribution in [2.75, 3.05) is 0 Å². The molecule has 2 rings (SSSR count). The first-order valence-electron chi connectivity index (χ1n) is 5.15. The molecule has 17 heavy (non-hydrogen) atoms. The maximum atomic E-state index is 13.1. The summed E-state index contributed by atoms with van der Waals surface area (Å²) in [6.07, 6.45) is 0. The minimum Gasteiger partial charge on any atom is -0.388 e. The van der Waals surface area contributed by atoms with Crippen LogP contribution in [-0.4, -0.2) is 19.9 Å². The lowest BCUT2D eigenvalue weighted by Crippen LogP contribution is -2.11. The van der Waals surface area contributed by atoms with Crippen molar-refractivity contribution in [2.24, 2.45) is 0 Å². The quantitative estimate of drug-likeness (QED) is 0.824. The second-order valence-electron chi connectivity index (χ2n) is 3.70. The molecule has 0 aliphatic carbocycles. The highest BCUT2D eigenvalue weighted by atomic mass is 32.1. The van der Waals surface area contributed by atoms with E-state index in [0.29, 0.717) is 10.6 Å². The second-order valence-corrected chi connectivity index (χ2v) is 4.09. The van der Waals surface area contributed by atoms with Gasteiger partial charge in [0.1, 0.15) is 12.4 Å². The van der Waals surface area contributed by atoms with Crippen LogP contribution in [0.25, 0.3) is 0 Å². The molecule has 1 aromatic heterocycles. The second kappa shape index (κ2) is 4.77. The third kappa shape index (κ3) is 2.27. The van der Waals surface area contributed by atoms with E-state index < -0.39 is 0 Å². The predicted molar refractivity (Wildman–Crippen MR) is 63.5 cm³/mol. The van der Waals surface area contributed by atoms with E-state index in [0.717, 1.165) is 5.56 Å². The van der Waals surface area contributed by atoms with Gasteiger partial charge in [-0.1, -0.05) is 12.1 Å². The molecule has 0 amide bonds. The van der Waals surface area contributed by atoms with E-state index in [1.54, 1.807) is 10.6 Å². The highest BCUT2D eigenvalue weighted by Crippen LogP contribution is 2.20. The summed E-state index contributed by atoms with van der Waals surface area (Å²) in [6.45, 7) is 1.66. The zero-order chi connectivity index (χ0) is 12.4. The maximum absolute atomic E-state index is 13.1. The molecule has 0 aliphatic rings. The number of benzene rings is 1. The molecule has 2 aromatic rings. The Balaban J connectivity index is 2.46. The number of aromatic amines is 1. The number of hydrogen-bond acceptors (Lipinski definition) is 3. The van der Waals surface area contributed by atoms with Crippen LogP contribution >= 0.6 is 12.2 Å². The van der Waals surface area contributed by atoms with E-state index in [2.05, 4.69) is 10.2 Å². The molecule has 0 radical (unpaired) electrons. The first-order chi connectivity index (χ1) is 8.13. The summed E-state index contributed by atoms with van der Waals surface area (Å²) >= 11 is 5.09. The van der Waals surface area contributed by atoms with Gasteiger partial charge in [-0.3, -0.25) is 9.67 Å². The summed E-state index contributed by atoms with van der Waals surface area (Å²) < 4.78 is 15.2. The Morgan fingerprint density at radius 2 is 2.35 bits per heavy atom. The summed E-state index contributed by atoms with van der Waals surface area (Å²) in [5.41, 5.74) is 0.775. The highest BCUT2D eigenvalue weighted by Gasteiger charge is 2.14. The number of halogens is 1. The molecule has 0 spiro atoms. The normalized spacial score (nSPS) is 12.6. The standard InChI is InChI=1S/C11H12FN3OS/c1-7(8-3-2-4-9(12)5-8)15-10(6-16)13-14-11(15)17/h2-5,7,16H,6H2,1H3,(H,14,17). The largest absolute Gasteiger partial charge is 0.388 e. The SMILES string of the molecule is CC(c1cccc(F)c1)n1c(CO)n[nH]c1=S. The van der Waals surface area contributed by atoms with Crippen LogP contribution in [0, 0.1) is 10.6 Å². The van der Waals surface area contributed by atoms with E-state index in [1.165, 1.54) is 12.1 Å². The Hall–Kier alpha value is -1.53. The molecule has 0 bridgehead atoms. The summed E-state index contributed by atoms with van der Waals surface area (Å²) in [6, 6.07) is 6.10. The van der Waals surface area contributed by atoms with Gasteiger partial charge in [0.15, 0.2) is 10.6 Å². The summed E-state index contributed by atoms with van der Waals surface area (Å²) in [4.78, 5) is 0. The molecule has 1 atom stereocenters. The van der Waals surface area contributed by atoms with E-state index in [4.69, 9.17) is 17.3 Å². The van der Waals surface area contributed by atoms with Crippen LogP contribution < -0.4 is 0 Å². The minimum atomic E-state index is -0.296. The Labute approximate surface area is 103 Å². The third-order valence-corrected chi connectivity index (χ3v) is 2.93. The van der Waals surface area contributed by atoms with Gasteiger partial charge in [0, 0.05) is 0 Å². The Kier molecular flexibility index (Phi) is 3.35. The fraction of sp³-hybridized carbons (Fsp3) is 0.273. The predicted octanol–water partition coefficient (Wildman–Crippen LogP) is 2.18. The van der Waals surface area contributed by atoms with Crippen LogP contribution in [-0.2, 0) is 6.61 Å². The number of aromatic nitrogens is 3. The van der Waals surface area contributed by atoms with Crippen molar-refractivity contribution >= 4 is 12.2 Å². The summed E-state index contributed by atoms with van der Waals surface area (Å²) in [5.74, 6) is 0.140. The molecule has 2 N–H and O–H groups in total. The molecule has 0 aliphatic heterocycles. The van der Waals surface area contributed by atoms with Gasteiger partial charge in [-0.05, 0) is 36.8 Å². The van der Waals surface area contributed by atoms with Crippen molar-refractivity contribution in [3.05, 3.63) is 46.2 Å². The lowest BCUT2D eigenvalue weighted by Gasteiger charge is -2.15. The zero-order valence-corrected chi connectivity index (χ0v) is 10.0. The van der Waals surface area contributed by atoms with E-state index in [9.17, 15) is 4.39 Å². The van der Waals surface area contributed by atoms with Crippen molar-refractivity contribution in [1.82, 2.24) is 14.8 Å². The number of nitrogens with zero attached hydrogens (tertiary/aromatic N) is 2. The fourth-order valence-corrected chi connectivity index (χ4v) is 2.07. The topological polar surface area (TPSA) is 53.8 Å². The highest BCUT2D eigenvalue weighted by molar-refractivity contribution is 7.71. The van der Waals surface area contributed by atoms with Crippen molar-refractivity contribution in [3.8, 4) is 0 Å². The molecule has 0 saturated carbocycles. The molecule has 1 unspecified atom stereocenters. The van der Waals surface area contributed by atoms with Crippen LogP contribution in [0.1, 0.15) is 24.4 Å². The lowest BCUT2D eigenvalue weighted by molar-refractivity contribution is 0.263. The Morgan fingerprint density at radius 3 is 3.00 bits per heavy atom. The fourth-order valence-electron chi connectivity index (χ4n) is 1.76. The van der Waals surface area contributed by atoms with Crippen LogP contribution in [0.3, 0.4) is 0 Å². The first kappa shape index (κ1) is 11.9. The lowest BCUT2D eigenvalue weighted by atomic mass is 10.1. The van der Waals surface area contributed by atoms with Gasteiger partial charge in [-0.25, -0.2) is 4.39 Å². The van der Waals surface area contributed by atoms with E-state index in [1.807, 2.05) is 13.0 Å². The Morgan fingerprint density at radius 1 is 1.59 bits per heavy atom. The zero-order valence-electron chi connectivity index (χ0n) is 9.22. The number of hydrogen-bond donors (Lipinski definition) is 2. The van der Waals surface area contributed by atoms with Crippen LogP contribution in [0.4, 0.5) is 4.39 Å². The van der Waals surface area contributed by atoms with Gasteiger partial charge in [0.25, 0.3) is 0 Å². The number of nitrogens with one attached hydrogen (secondary N) is 1. The molecule has 90 valence electrons. The molecule has 6 heteroatoms. The third-order valence-electron chi connectivity index (χ3n) is 2.64. The molecule has 0 saturated heterocycles. The molecule has 4 nitrogen and oxygen atoms in total. The van der Waals surface area contributed by atoms with Crippen molar-refractivity contribution in [1.29, 1.82) is 0 Å². The van der Waals surface area contributed by atoms with Gasteiger partial charge in [0.2, 0.25) is 0 Å². The average molecular weight is 253 g/mol. The van der Waals surface area contributed by atoms with Crippen molar-refractivity contribution in [2.45, 2.75) is 19.6 Å². The van der Waals surface area contributed by atoms with Gasteiger partial charge in [-0.15, -0.1) is 0 Å². The Bertz CT molecular complexity index is 578. The monoisotopic (exact) mass is 253 g/mol. The minimum absolute atomic E-state index is 0.181. The molecular formula is C11H12FN3OS. The van der Waals surface area contributed by atoms with Crippen molar-refractivity contribution < 1.29 is 9.50 Å². The number of aliphatic hydroxyl groups excluding tert-OH is 1. The van der Waals surface area contributed by atoms with Crippen LogP contribution in [0.15, 0.2) is 24.3 Å². The number of rotatable bonds is 3. The van der Waals surface area contributed by atoms with Gasteiger partial charge >= 0.3 is 0 Å². The molecule has 1 heterocycles.